The third-order valence-electron chi connectivity index (χ3n) is 4.71. The third-order valence-corrected chi connectivity index (χ3v) is 5.50. The zero-order chi connectivity index (χ0) is 18.3. The van der Waals surface area contributed by atoms with Crippen molar-refractivity contribution in [3.05, 3.63) is 0 Å². The van der Waals surface area contributed by atoms with E-state index in [0.717, 1.165) is 6.26 Å². The molecule has 1 N–H and O–H groups in total. The minimum absolute atomic E-state index is 0.0727. The molecule has 1 saturated carbocycles. The number of carbonyl (C=O) groups excluding carboxylic acids is 2. The Labute approximate surface area is 138 Å². The summed E-state index contributed by atoms with van der Waals surface area (Å²) in [6.07, 6.45) is -3.93. The highest BCUT2D eigenvalue weighted by molar-refractivity contribution is 7.91. The predicted octanol–water partition coefficient (Wildman–Crippen LogP) is 0.584. The quantitative estimate of drug-likeness (QED) is 0.768. The second-order valence-electron chi connectivity index (χ2n) is 6.90. The molecule has 2 atom stereocenters. The third kappa shape index (κ3) is 4.01. The first-order valence-corrected chi connectivity index (χ1v) is 9.72. The van der Waals surface area contributed by atoms with Crippen molar-refractivity contribution in [1.82, 2.24) is 10.2 Å². The van der Waals surface area contributed by atoms with Gasteiger partial charge in [-0.05, 0) is 24.7 Å². The molecule has 0 aromatic heterocycles. The molecule has 2 amide bonds. The molecule has 0 aromatic carbocycles. The lowest BCUT2D eigenvalue weighted by Gasteiger charge is -2.25. The summed E-state index contributed by atoms with van der Waals surface area (Å²) in [6, 6.07) is 0. The van der Waals surface area contributed by atoms with Crippen LogP contribution in [0.1, 0.15) is 19.8 Å². The van der Waals surface area contributed by atoms with Crippen molar-refractivity contribution >= 4 is 21.7 Å². The fourth-order valence-electron chi connectivity index (χ4n) is 3.05. The summed E-state index contributed by atoms with van der Waals surface area (Å²) < 4.78 is 61.2. The van der Waals surface area contributed by atoms with E-state index in [-0.39, 0.29) is 44.3 Å². The van der Waals surface area contributed by atoms with Crippen molar-refractivity contribution in [3.63, 3.8) is 0 Å². The van der Waals surface area contributed by atoms with Crippen LogP contribution < -0.4 is 5.32 Å². The molecule has 138 valence electrons. The molecule has 0 aromatic rings. The number of carbonyl (C=O) groups is 2. The number of sulfone groups is 1. The van der Waals surface area contributed by atoms with E-state index in [2.05, 4.69) is 5.32 Å². The van der Waals surface area contributed by atoms with Gasteiger partial charge in [0.1, 0.15) is 11.2 Å². The molecule has 6 nitrogen and oxygen atoms in total. The number of nitrogens with zero attached hydrogens (tertiary/aromatic N) is 1. The number of halogens is 3. The first-order valence-electron chi connectivity index (χ1n) is 7.66. The van der Waals surface area contributed by atoms with Crippen LogP contribution in [0.2, 0.25) is 0 Å². The van der Waals surface area contributed by atoms with E-state index in [1.807, 2.05) is 0 Å². The summed E-state index contributed by atoms with van der Waals surface area (Å²) in [7, 11) is -3.44. The topological polar surface area (TPSA) is 83.6 Å². The van der Waals surface area contributed by atoms with Gasteiger partial charge in [-0.1, -0.05) is 6.92 Å². The van der Waals surface area contributed by atoms with Crippen molar-refractivity contribution in [2.45, 2.75) is 25.9 Å². The average Bonchev–Trinajstić information content (AvgIpc) is 3.13. The van der Waals surface area contributed by atoms with Gasteiger partial charge in [-0.15, -0.1) is 0 Å². The Bertz CT molecular complexity index is 628. The van der Waals surface area contributed by atoms with Gasteiger partial charge in [0.15, 0.2) is 9.84 Å². The Morgan fingerprint density at radius 1 is 1.25 bits per heavy atom. The second-order valence-corrected chi connectivity index (χ2v) is 9.04. The molecule has 10 heteroatoms. The molecular formula is C14H21F3N2O4S. The highest BCUT2D eigenvalue weighted by Crippen LogP contribution is 2.59. The maximum atomic E-state index is 13.0. The number of likely N-dealkylation sites (tertiary alicyclic amines) is 1. The molecule has 0 radical (unpaired) electrons. The van der Waals surface area contributed by atoms with Gasteiger partial charge in [0, 0.05) is 25.9 Å². The molecular weight excluding hydrogens is 349 g/mol. The Morgan fingerprint density at radius 3 is 2.29 bits per heavy atom. The van der Waals surface area contributed by atoms with E-state index in [4.69, 9.17) is 0 Å². The summed E-state index contributed by atoms with van der Waals surface area (Å²) in [5.74, 6) is -2.43. The van der Waals surface area contributed by atoms with Gasteiger partial charge in [0.2, 0.25) is 11.8 Å². The summed E-state index contributed by atoms with van der Waals surface area (Å²) >= 11 is 0. The molecule has 0 spiro atoms. The number of rotatable bonds is 5. The fraction of sp³-hybridized carbons (Fsp3) is 0.857. The van der Waals surface area contributed by atoms with Gasteiger partial charge < -0.3 is 10.2 Å². The van der Waals surface area contributed by atoms with E-state index in [1.54, 1.807) is 6.92 Å². The normalized spacial score (nSPS) is 26.3. The fourth-order valence-corrected chi connectivity index (χ4v) is 3.62. The van der Waals surface area contributed by atoms with Crippen LogP contribution in [0.5, 0.6) is 0 Å². The molecule has 24 heavy (non-hydrogen) atoms. The van der Waals surface area contributed by atoms with E-state index in [1.165, 1.54) is 4.90 Å². The van der Waals surface area contributed by atoms with Crippen LogP contribution in [0.15, 0.2) is 0 Å². The van der Waals surface area contributed by atoms with Gasteiger partial charge >= 0.3 is 6.18 Å². The number of hydrogen-bond acceptors (Lipinski definition) is 4. The van der Waals surface area contributed by atoms with Crippen LogP contribution in [-0.2, 0) is 19.4 Å². The Hall–Kier alpha value is -1.32. The Balaban J connectivity index is 1.91. The molecule has 2 rings (SSSR count). The number of alkyl halides is 3. The maximum Gasteiger partial charge on any atom is 0.403 e. The van der Waals surface area contributed by atoms with Crippen LogP contribution in [0.4, 0.5) is 13.2 Å². The molecule has 2 aliphatic rings. The van der Waals surface area contributed by atoms with Gasteiger partial charge in [-0.2, -0.15) is 13.2 Å². The molecule has 1 aliphatic carbocycles. The van der Waals surface area contributed by atoms with Gasteiger partial charge in [0.25, 0.3) is 0 Å². The highest BCUT2D eigenvalue weighted by Gasteiger charge is 2.69. The molecule has 1 saturated heterocycles. The highest BCUT2D eigenvalue weighted by atomic mass is 32.2. The summed E-state index contributed by atoms with van der Waals surface area (Å²) in [4.78, 5) is 25.0. The van der Waals surface area contributed by atoms with Crippen molar-refractivity contribution in [1.29, 1.82) is 0 Å². The second kappa shape index (κ2) is 6.20. The van der Waals surface area contributed by atoms with E-state index >= 15 is 0 Å². The largest absolute Gasteiger partial charge is 0.403 e. The minimum atomic E-state index is -4.53. The van der Waals surface area contributed by atoms with Crippen molar-refractivity contribution in [3.8, 4) is 0 Å². The molecule has 0 unspecified atom stereocenters. The maximum absolute atomic E-state index is 13.0. The summed E-state index contributed by atoms with van der Waals surface area (Å²) in [5, 5.41) is 2.48. The molecule has 1 heterocycles. The molecule has 1 aliphatic heterocycles. The minimum Gasteiger partial charge on any atom is -0.355 e. The Morgan fingerprint density at radius 2 is 1.83 bits per heavy atom. The SMILES string of the molecule is C[C@@H]1CN(C(=O)C2(C(F)(F)F)CC2)C[C@H]1CNC(=O)CS(C)(=O)=O. The summed E-state index contributed by atoms with van der Waals surface area (Å²) in [6.45, 7) is 2.28. The standard InChI is InChI=1S/C14H21F3N2O4S/c1-9-6-19(12(21)13(3-4-13)14(15,16)17)7-10(9)5-18-11(20)8-24(2,22)23/h9-10H,3-8H2,1-2H3,(H,18,20)/t9-,10-/m1/s1. The van der Waals surface area contributed by atoms with Gasteiger partial charge in [-0.3, -0.25) is 9.59 Å². The average molecular weight is 370 g/mol. The van der Waals surface area contributed by atoms with Crippen LogP contribution in [-0.4, -0.2) is 63.0 Å². The molecule has 2 fully saturated rings. The number of nitrogens with one attached hydrogen (secondary N) is 1. The number of hydrogen-bond donors (Lipinski definition) is 1. The zero-order valence-corrected chi connectivity index (χ0v) is 14.3. The lowest BCUT2D eigenvalue weighted by Crippen LogP contribution is -2.43. The van der Waals surface area contributed by atoms with Crippen LogP contribution in [0.25, 0.3) is 0 Å². The first-order chi connectivity index (χ1) is 10.9. The van der Waals surface area contributed by atoms with Gasteiger partial charge in [-0.25, -0.2) is 8.42 Å². The predicted molar refractivity (Wildman–Crippen MR) is 79.7 cm³/mol. The summed E-state index contributed by atoms with van der Waals surface area (Å²) in [5.41, 5.74) is -2.22. The first kappa shape index (κ1) is 19.0. The van der Waals surface area contributed by atoms with Crippen LogP contribution in [0.3, 0.4) is 0 Å². The lowest BCUT2D eigenvalue weighted by molar-refractivity contribution is -0.198. The lowest BCUT2D eigenvalue weighted by atomic mass is 9.98. The zero-order valence-electron chi connectivity index (χ0n) is 13.5. The van der Waals surface area contributed by atoms with E-state index in [0.29, 0.717) is 0 Å². The van der Waals surface area contributed by atoms with Crippen molar-refractivity contribution in [2.24, 2.45) is 17.3 Å². The van der Waals surface area contributed by atoms with Crippen molar-refractivity contribution < 1.29 is 31.2 Å². The molecule has 0 bridgehead atoms. The Kier molecular flexibility index (Phi) is 4.91. The van der Waals surface area contributed by atoms with E-state index < -0.39 is 39.0 Å². The monoisotopic (exact) mass is 370 g/mol. The van der Waals surface area contributed by atoms with Crippen molar-refractivity contribution in [2.75, 3.05) is 31.6 Å². The van der Waals surface area contributed by atoms with Crippen LogP contribution in [0, 0.1) is 17.3 Å². The van der Waals surface area contributed by atoms with Gasteiger partial charge in [0.05, 0.1) is 0 Å². The smallest absolute Gasteiger partial charge is 0.355 e. The van der Waals surface area contributed by atoms with E-state index in [9.17, 15) is 31.2 Å². The van der Waals surface area contributed by atoms with Crippen LogP contribution >= 0.6 is 0 Å². The number of amides is 2.